The number of rotatable bonds is 10. The second kappa shape index (κ2) is 9.69. The van der Waals surface area contributed by atoms with Gasteiger partial charge in [-0.15, -0.1) is 0 Å². The fourth-order valence-electron chi connectivity index (χ4n) is 2.99. The first-order valence-electron chi connectivity index (χ1n) is 9.76. The standard InChI is InChI=1S/C19H29N3O5S/c1-15-13-17(28(24,25)21-16-3-4-16)5-6-18(15)27-14-19(23)20-7-2-8-22-9-11-26-12-10-22/h5-6,13,16,21H,2-4,7-12,14H2,1H3,(H,20,23). The lowest BCUT2D eigenvalue weighted by Gasteiger charge is -2.26. The highest BCUT2D eigenvalue weighted by molar-refractivity contribution is 7.89. The quantitative estimate of drug-likeness (QED) is 0.549. The number of morpholine rings is 1. The number of amides is 1. The van der Waals surface area contributed by atoms with Crippen molar-refractivity contribution < 1.29 is 22.7 Å². The van der Waals surface area contributed by atoms with Crippen LogP contribution in [0.2, 0.25) is 0 Å². The monoisotopic (exact) mass is 411 g/mol. The molecule has 0 atom stereocenters. The molecule has 28 heavy (non-hydrogen) atoms. The maximum absolute atomic E-state index is 12.2. The second-order valence-electron chi connectivity index (χ2n) is 7.27. The predicted octanol–water partition coefficient (Wildman–Crippen LogP) is 0.653. The van der Waals surface area contributed by atoms with Crippen LogP contribution in [0.1, 0.15) is 24.8 Å². The van der Waals surface area contributed by atoms with E-state index in [-0.39, 0.29) is 23.5 Å². The van der Waals surface area contributed by atoms with E-state index in [2.05, 4.69) is 14.9 Å². The third-order valence-electron chi connectivity index (χ3n) is 4.79. The van der Waals surface area contributed by atoms with Gasteiger partial charge in [0, 0.05) is 25.7 Å². The Morgan fingerprint density at radius 2 is 2.04 bits per heavy atom. The van der Waals surface area contributed by atoms with Gasteiger partial charge in [-0.2, -0.15) is 0 Å². The number of ether oxygens (including phenoxy) is 2. The summed E-state index contributed by atoms with van der Waals surface area (Å²) >= 11 is 0. The fourth-order valence-corrected chi connectivity index (χ4v) is 4.38. The van der Waals surface area contributed by atoms with Crippen LogP contribution in [0.5, 0.6) is 5.75 Å². The van der Waals surface area contributed by atoms with E-state index in [0.29, 0.717) is 17.9 Å². The maximum Gasteiger partial charge on any atom is 0.257 e. The molecule has 1 aromatic rings. The van der Waals surface area contributed by atoms with Gasteiger partial charge in [-0.3, -0.25) is 9.69 Å². The molecule has 1 aliphatic carbocycles. The summed E-state index contributed by atoms with van der Waals surface area (Å²) in [6.45, 7) is 6.65. The summed E-state index contributed by atoms with van der Waals surface area (Å²) < 4.78 is 38.0. The molecule has 156 valence electrons. The van der Waals surface area contributed by atoms with Crippen molar-refractivity contribution in [1.29, 1.82) is 0 Å². The topological polar surface area (TPSA) is 97.0 Å². The Bertz CT molecular complexity index is 774. The van der Waals surface area contributed by atoms with E-state index in [1.54, 1.807) is 19.1 Å². The lowest BCUT2D eigenvalue weighted by atomic mass is 10.2. The number of nitrogens with zero attached hydrogens (tertiary/aromatic N) is 1. The molecule has 0 aromatic heterocycles. The summed E-state index contributed by atoms with van der Waals surface area (Å²) in [5.74, 6) is 0.322. The van der Waals surface area contributed by atoms with Gasteiger partial charge in [-0.05, 0) is 56.5 Å². The first kappa shape index (κ1) is 21.0. The normalized spacial score (nSPS) is 18.0. The van der Waals surface area contributed by atoms with Crippen molar-refractivity contribution in [2.24, 2.45) is 0 Å². The lowest BCUT2D eigenvalue weighted by molar-refractivity contribution is -0.123. The van der Waals surface area contributed by atoms with E-state index in [1.807, 2.05) is 0 Å². The van der Waals surface area contributed by atoms with Crippen LogP contribution in [0.4, 0.5) is 0 Å². The van der Waals surface area contributed by atoms with Gasteiger partial charge in [0.25, 0.3) is 5.91 Å². The van der Waals surface area contributed by atoms with Crippen LogP contribution in [-0.4, -0.2) is 71.3 Å². The van der Waals surface area contributed by atoms with Crippen molar-refractivity contribution in [2.45, 2.75) is 37.1 Å². The molecule has 9 heteroatoms. The predicted molar refractivity (Wildman–Crippen MR) is 105 cm³/mol. The average molecular weight is 412 g/mol. The Morgan fingerprint density at radius 3 is 2.71 bits per heavy atom. The van der Waals surface area contributed by atoms with Crippen LogP contribution in [0.3, 0.4) is 0 Å². The smallest absolute Gasteiger partial charge is 0.257 e. The molecule has 1 saturated carbocycles. The Kier molecular flexibility index (Phi) is 7.28. The van der Waals surface area contributed by atoms with E-state index >= 15 is 0 Å². The fraction of sp³-hybridized carbons (Fsp3) is 0.632. The summed E-state index contributed by atoms with van der Waals surface area (Å²) in [6.07, 6.45) is 2.66. The maximum atomic E-state index is 12.2. The zero-order valence-corrected chi connectivity index (χ0v) is 17.1. The van der Waals surface area contributed by atoms with Crippen LogP contribution >= 0.6 is 0 Å². The van der Waals surface area contributed by atoms with Gasteiger partial charge in [-0.1, -0.05) is 0 Å². The number of hydrogen-bond donors (Lipinski definition) is 2. The summed E-state index contributed by atoms with van der Waals surface area (Å²) in [5, 5.41) is 2.85. The molecular weight excluding hydrogens is 382 g/mol. The van der Waals surface area contributed by atoms with Crippen molar-refractivity contribution in [3.05, 3.63) is 23.8 Å². The number of carbonyl (C=O) groups excluding carboxylic acids is 1. The highest BCUT2D eigenvalue weighted by Gasteiger charge is 2.28. The van der Waals surface area contributed by atoms with E-state index in [0.717, 1.165) is 52.1 Å². The lowest BCUT2D eigenvalue weighted by Crippen LogP contribution is -2.38. The van der Waals surface area contributed by atoms with Gasteiger partial charge in [0.05, 0.1) is 18.1 Å². The molecule has 1 heterocycles. The van der Waals surface area contributed by atoms with E-state index in [1.165, 1.54) is 6.07 Å². The molecule has 1 aromatic carbocycles. The van der Waals surface area contributed by atoms with E-state index in [4.69, 9.17) is 9.47 Å². The molecule has 0 unspecified atom stereocenters. The number of sulfonamides is 1. The summed E-state index contributed by atoms with van der Waals surface area (Å²) in [6, 6.07) is 4.74. The van der Waals surface area contributed by atoms with Gasteiger partial charge in [0.1, 0.15) is 5.75 Å². The molecule has 0 radical (unpaired) electrons. The highest BCUT2D eigenvalue weighted by Crippen LogP contribution is 2.25. The van der Waals surface area contributed by atoms with Crippen LogP contribution in [-0.2, 0) is 19.6 Å². The average Bonchev–Trinajstić information content (AvgIpc) is 3.48. The highest BCUT2D eigenvalue weighted by atomic mass is 32.2. The van der Waals surface area contributed by atoms with Gasteiger partial charge < -0.3 is 14.8 Å². The van der Waals surface area contributed by atoms with Crippen molar-refractivity contribution in [3.8, 4) is 5.75 Å². The van der Waals surface area contributed by atoms with Crippen LogP contribution in [0.25, 0.3) is 0 Å². The number of carbonyl (C=O) groups is 1. The van der Waals surface area contributed by atoms with Crippen molar-refractivity contribution in [1.82, 2.24) is 14.9 Å². The molecule has 1 saturated heterocycles. The Morgan fingerprint density at radius 1 is 1.29 bits per heavy atom. The zero-order valence-electron chi connectivity index (χ0n) is 16.3. The minimum atomic E-state index is -3.49. The van der Waals surface area contributed by atoms with Gasteiger partial charge in [0.15, 0.2) is 6.61 Å². The SMILES string of the molecule is Cc1cc(S(=O)(=O)NC2CC2)ccc1OCC(=O)NCCCN1CCOCC1. The summed E-state index contributed by atoms with van der Waals surface area (Å²) in [5.41, 5.74) is 0.679. The molecule has 3 rings (SSSR count). The number of aryl methyl sites for hydroxylation is 1. The van der Waals surface area contributed by atoms with Crippen molar-refractivity contribution in [2.75, 3.05) is 46.0 Å². The number of nitrogens with one attached hydrogen (secondary N) is 2. The van der Waals surface area contributed by atoms with Crippen molar-refractivity contribution >= 4 is 15.9 Å². The molecule has 1 aliphatic heterocycles. The molecule has 1 amide bonds. The van der Waals surface area contributed by atoms with Crippen LogP contribution < -0.4 is 14.8 Å². The van der Waals surface area contributed by atoms with E-state index in [9.17, 15) is 13.2 Å². The zero-order chi connectivity index (χ0) is 20.0. The first-order chi connectivity index (χ1) is 13.4. The number of benzene rings is 1. The van der Waals surface area contributed by atoms with Crippen molar-refractivity contribution in [3.63, 3.8) is 0 Å². The van der Waals surface area contributed by atoms with Gasteiger partial charge in [0.2, 0.25) is 10.0 Å². The molecule has 8 nitrogen and oxygen atoms in total. The van der Waals surface area contributed by atoms with Gasteiger partial charge in [-0.25, -0.2) is 13.1 Å². The minimum Gasteiger partial charge on any atom is -0.484 e. The molecule has 0 bridgehead atoms. The summed E-state index contributed by atoms with van der Waals surface area (Å²) in [4.78, 5) is 14.5. The molecule has 0 spiro atoms. The largest absolute Gasteiger partial charge is 0.484 e. The molecule has 2 N–H and O–H groups in total. The Labute approximate surface area is 166 Å². The third kappa shape index (κ3) is 6.44. The Balaban J connectivity index is 1.39. The first-order valence-corrected chi connectivity index (χ1v) is 11.2. The van der Waals surface area contributed by atoms with Crippen LogP contribution in [0.15, 0.2) is 23.1 Å². The minimum absolute atomic E-state index is 0.0631. The molecule has 2 fully saturated rings. The Hall–Kier alpha value is -1.68. The molecular formula is C19H29N3O5S. The van der Waals surface area contributed by atoms with E-state index < -0.39 is 10.0 Å². The van der Waals surface area contributed by atoms with Gasteiger partial charge >= 0.3 is 0 Å². The second-order valence-corrected chi connectivity index (χ2v) is 8.98. The number of hydrogen-bond acceptors (Lipinski definition) is 6. The van der Waals surface area contributed by atoms with Crippen LogP contribution in [0, 0.1) is 6.92 Å². The molecule has 2 aliphatic rings. The summed E-state index contributed by atoms with van der Waals surface area (Å²) in [7, 11) is -3.49. The third-order valence-corrected chi connectivity index (χ3v) is 6.31.